The van der Waals surface area contributed by atoms with E-state index in [1.807, 2.05) is 12.1 Å². The molecule has 1 atom stereocenters. The van der Waals surface area contributed by atoms with Gasteiger partial charge in [0.1, 0.15) is 5.75 Å². The number of benzene rings is 1. The molecule has 0 radical (unpaired) electrons. The average molecular weight is 263 g/mol. The standard InChI is InChI=1S/C15H21NO3/c1-2-3-10-16-12-6-8-13(9-7-12)19-15(17)14-5-4-11-18-14/h6-9,14,16H,2-5,10-11H2,1H3. The van der Waals surface area contributed by atoms with Gasteiger partial charge in [-0.15, -0.1) is 0 Å². The monoisotopic (exact) mass is 263 g/mol. The van der Waals surface area contributed by atoms with E-state index in [1.54, 1.807) is 12.1 Å². The number of anilines is 1. The minimum absolute atomic E-state index is 0.288. The smallest absolute Gasteiger partial charge is 0.340 e. The van der Waals surface area contributed by atoms with Crippen LogP contribution in [0.15, 0.2) is 24.3 Å². The van der Waals surface area contributed by atoms with Crippen molar-refractivity contribution >= 4 is 11.7 Å². The highest BCUT2D eigenvalue weighted by atomic mass is 16.6. The maximum atomic E-state index is 11.7. The molecule has 19 heavy (non-hydrogen) atoms. The minimum atomic E-state index is -0.387. The predicted molar refractivity (Wildman–Crippen MR) is 74.4 cm³/mol. The second-order valence-electron chi connectivity index (χ2n) is 4.73. The number of hydrogen-bond acceptors (Lipinski definition) is 4. The van der Waals surface area contributed by atoms with Gasteiger partial charge in [0.25, 0.3) is 0 Å². The molecule has 0 aromatic heterocycles. The summed E-state index contributed by atoms with van der Waals surface area (Å²) in [6.07, 6.45) is 3.62. The first-order valence-corrected chi connectivity index (χ1v) is 6.97. The lowest BCUT2D eigenvalue weighted by Crippen LogP contribution is -2.24. The molecule has 0 spiro atoms. The van der Waals surface area contributed by atoms with Crippen LogP contribution in [0.5, 0.6) is 5.75 Å². The van der Waals surface area contributed by atoms with Crippen LogP contribution in [0.25, 0.3) is 0 Å². The summed E-state index contributed by atoms with van der Waals surface area (Å²) in [6, 6.07) is 7.46. The van der Waals surface area contributed by atoms with Crippen molar-refractivity contribution in [3.05, 3.63) is 24.3 Å². The lowest BCUT2D eigenvalue weighted by Gasteiger charge is -2.10. The molecule has 1 N–H and O–H groups in total. The van der Waals surface area contributed by atoms with Gasteiger partial charge in [-0.25, -0.2) is 4.79 Å². The molecule has 1 heterocycles. The van der Waals surface area contributed by atoms with Gasteiger partial charge >= 0.3 is 5.97 Å². The molecule has 4 heteroatoms. The molecule has 1 aliphatic heterocycles. The van der Waals surface area contributed by atoms with Crippen molar-refractivity contribution in [2.75, 3.05) is 18.5 Å². The first-order valence-electron chi connectivity index (χ1n) is 6.97. The third-order valence-corrected chi connectivity index (χ3v) is 3.12. The largest absolute Gasteiger partial charge is 0.425 e. The number of esters is 1. The molecular weight excluding hydrogens is 242 g/mol. The minimum Gasteiger partial charge on any atom is -0.425 e. The van der Waals surface area contributed by atoms with Crippen molar-refractivity contribution in [1.82, 2.24) is 0 Å². The highest BCUT2D eigenvalue weighted by molar-refractivity contribution is 5.77. The number of unbranched alkanes of at least 4 members (excludes halogenated alkanes) is 1. The molecule has 0 saturated carbocycles. The quantitative estimate of drug-likeness (QED) is 0.487. The molecule has 104 valence electrons. The van der Waals surface area contributed by atoms with Crippen LogP contribution in [0.1, 0.15) is 32.6 Å². The molecule has 1 unspecified atom stereocenters. The van der Waals surface area contributed by atoms with E-state index in [-0.39, 0.29) is 12.1 Å². The Kier molecular flexibility index (Phi) is 5.21. The predicted octanol–water partition coefficient (Wildman–Crippen LogP) is 2.98. The molecule has 2 rings (SSSR count). The highest BCUT2D eigenvalue weighted by Gasteiger charge is 2.25. The fourth-order valence-corrected chi connectivity index (χ4v) is 2.00. The third-order valence-electron chi connectivity index (χ3n) is 3.12. The van der Waals surface area contributed by atoms with Crippen LogP contribution in [-0.2, 0) is 9.53 Å². The third kappa shape index (κ3) is 4.24. The second kappa shape index (κ2) is 7.14. The zero-order valence-electron chi connectivity index (χ0n) is 11.4. The van der Waals surface area contributed by atoms with Gasteiger partial charge in [-0.05, 0) is 43.5 Å². The van der Waals surface area contributed by atoms with Gasteiger partial charge in [0.05, 0.1) is 0 Å². The molecule has 1 aromatic carbocycles. The van der Waals surface area contributed by atoms with Crippen molar-refractivity contribution in [1.29, 1.82) is 0 Å². The Morgan fingerprint density at radius 1 is 1.42 bits per heavy atom. The van der Waals surface area contributed by atoms with E-state index in [9.17, 15) is 4.79 Å². The molecule has 1 aliphatic rings. The maximum absolute atomic E-state index is 11.7. The van der Waals surface area contributed by atoms with Crippen LogP contribution >= 0.6 is 0 Å². The molecule has 0 amide bonds. The van der Waals surface area contributed by atoms with Crippen molar-refractivity contribution in [2.45, 2.75) is 38.7 Å². The van der Waals surface area contributed by atoms with Crippen molar-refractivity contribution in [3.63, 3.8) is 0 Å². The first kappa shape index (κ1) is 13.9. The van der Waals surface area contributed by atoms with E-state index in [2.05, 4.69) is 12.2 Å². The van der Waals surface area contributed by atoms with Crippen LogP contribution in [0.4, 0.5) is 5.69 Å². The summed E-state index contributed by atoms with van der Waals surface area (Å²) in [5, 5.41) is 3.32. The van der Waals surface area contributed by atoms with Crippen LogP contribution < -0.4 is 10.1 Å². The van der Waals surface area contributed by atoms with E-state index in [0.717, 1.165) is 31.5 Å². The van der Waals surface area contributed by atoms with E-state index < -0.39 is 0 Å². The molecule has 1 fully saturated rings. The van der Waals surface area contributed by atoms with E-state index >= 15 is 0 Å². The maximum Gasteiger partial charge on any atom is 0.340 e. The van der Waals surface area contributed by atoms with Crippen LogP contribution in [0.2, 0.25) is 0 Å². The van der Waals surface area contributed by atoms with Gasteiger partial charge in [0.15, 0.2) is 6.10 Å². The summed E-state index contributed by atoms with van der Waals surface area (Å²) in [6.45, 7) is 3.78. The van der Waals surface area contributed by atoms with Crippen molar-refractivity contribution in [3.8, 4) is 5.75 Å². The fraction of sp³-hybridized carbons (Fsp3) is 0.533. The fourth-order valence-electron chi connectivity index (χ4n) is 2.00. The Morgan fingerprint density at radius 3 is 2.84 bits per heavy atom. The normalized spacial score (nSPS) is 18.3. The molecule has 0 bridgehead atoms. The lowest BCUT2D eigenvalue weighted by atomic mass is 10.2. The molecule has 1 saturated heterocycles. The summed E-state index contributed by atoms with van der Waals surface area (Å²) in [5.41, 5.74) is 1.05. The molecule has 4 nitrogen and oxygen atoms in total. The van der Waals surface area contributed by atoms with Gasteiger partial charge in [-0.3, -0.25) is 0 Å². The highest BCUT2D eigenvalue weighted by Crippen LogP contribution is 2.19. The number of carbonyl (C=O) groups excluding carboxylic acids is 1. The zero-order valence-corrected chi connectivity index (χ0v) is 11.4. The molecular formula is C15H21NO3. The van der Waals surface area contributed by atoms with E-state index in [1.165, 1.54) is 6.42 Å². The Bertz CT molecular complexity index is 396. The molecule has 1 aromatic rings. The summed E-state index contributed by atoms with van der Waals surface area (Å²) in [7, 11) is 0. The van der Waals surface area contributed by atoms with Crippen molar-refractivity contribution in [2.24, 2.45) is 0 Å². The van der Waals surface area contributed by atoms with Crippen LogP contribution in [-0.4, -0.2) is 25.2 Å². The van der Waals surface area contributed by atoms with Gasteiger partial charge in [0.2, 0.25) is 0 Å². The van der Waals surface area contributed by atoms with Gasteiger partial charge in [-0.1, -0.05) is 13.3 Å². The number of carbonyl (C=O) groups is 1. The summed E-state index contributed by atoms with van der Waals surface area (Å²) >= 11 is 0. The Balaban J connectivity index is 1.82. The number of ether oxygens (including phenoxy) is 2. The topological polar surface area (TPSA) is 47.6 Å². The van der Waals surface area contributed by atoms with Gasteiger partial charge in [0, 0.05) is 18.8 Å². The average Bonchev–Trinajstić information content (AvgIpc) is 2.95. The summed E-state index contributed by atoms with van der Waals surface area (Å²) in [4.78, 5) is 11.7. The van der Waals surface area contributed by atoms with E-state index in [0.29, 0.717) is 12.4 Å². The van der Waals surface area contributed by atoms with Gasteiger partial charge < -0.3 is 14.8 Å². The second-order valence-corrected chi connectivity index (χ2v) is 4.73. The SMILES string of the molecule is CCCCNc1ccc(OC(=O)C2CCCO2)cc1. The Labute approximate surface area is 114 Å². The summed E-state index contributed by atoms with van der Waals surface area (Å²) < 4.78 is 10.6. The lowest BCUT2D eigenvalue weighted by molar-refractivity contribution is -0.144. The number of rotatable bonds is 6. The van der Waals surface area contributed by atoms with Crippen LogP contribution in [0, 0.1) is 0 Å². The molecule has 0 aliphatic carbocycles. The van der Waals surface area contributed by atoms with Crippen molar-refractivity contribution < 1.29 is 14.3 Å². The summed E-state index contributed by atoms with van der Waals surface area (Å²) in [5.74, 6) is 0.283. The Hall–Kier alpha value is -1.55. The Morgan fingerprint density at radius 2 is 2.21 bits per heavy atom. The number of nitrogens with one attached hydrogen (secondary N) is 1. The first-order chi connectivity index (χ1) is 9.29. The zero-order chi connectivity index (χ0) is 13.5. The van der Waals surface area contributed by atoms with Crippen LogP contribution in [0.3, 0.4) is 0 Å². The van der Waals surface area contributed by atoms with Gasteiger partial charge in [-0.2, -0.15) is 0 Å². The number of hydrogen-bond donors (Lipinski definition) is 1. The van der Waals surface area contributed by atoms with E-state index in [4.69, 9.17) is 9.47 Å².